The smallest absolute Gasteiger partial charge is 0.269 e. The number of aryl methyl sites for hydroxylation is 1. The van der Waals surface area contributed by atoms with Crippen LogP contribution in [0.5, 0.6) is 0 Å². The van der Waals surface area contributed by atoms with E-state index >= 15 is 0 Å². The average molecular weight is 418 g/mol. The fourth-order valence-corrected chi connectivity index (χ4v) is 4.53. The van der Waals surface area contributed by atoms with E-state index < -0.39 is 0 Å². The van der Waals surface area contributed by atoms with Gasteiger partial charge < -0.3 is 31.5 Å². The Labute approximate surface area is 168 Å². The van der Waals surface area contributed by atoms with Crippen molar-refractivity contribution in [3.05, 3.63) is 44.1 Å². The van der Waals surface area contributed by atoms with Crippen LogP contribution in [0.1, 0.15) is 31.8 Å². The summed E-state index contributed by atoms with van der Waals surface area (Å²) in [5, 5.41) is 29.9. The van der Waals surface area contributed by atoms with Gasteiger partial charge in [-0.1, -0.05) is 0 Å². The fraction of sp³-hybridized carbons (Fsp3) is 0.235. The summed E-state index contributed by atoms with van der Waals surface area (Å²) in [6.07, 6.45) is 4.19. The van der Waals surface area contributed by atoms with Crippen molar-refractivity contribution in [1.29, 1.82) is 10.8 Å². The second-order valence-electron chi connectivity index (χ2n) is 5.88. The predicted molar refractivity (Wildman–Crippen MR) is 110 cm³/mol. The molecule has 6 N–H and O–H groups in total. The molecule has 0 fully saturated rings. The van der Waals surface area contributed by atoms with Gasteiger partial charge in [-0.25, -0.2) is 9.97 Å². The number of carbonyl (C=O) groups excluding carboxylic acids is 1. The molecule has 0 saturated carbocycles. The van der Waals surface area contributed by atoms with Gasteiger partial charge in [-0.05, 0) is 6.08 Å². The molecule has 0 spiro atoms. The Morgan fingerprint density at radius 1 is 1.39 bits per heavy atom. The van der Waals surface area contributed by atoms with Gasteiger partial charge >= 0.3 is 0 Å². The highest BCUT2D eigenvalue weighted by Crippen LogP contribution is 2.30. The molecule has 0 bridgehead atoms. The lowest BCUT2D eigenvalue weighted by Crippen LogP contribution is -2.26. The van der Waals surface area contributed by atoms with Gasteiger partial charge in [-0.2, -0.15) is 0 Å². The normalized spacial score (nSPS) is 11.7. The molecule has 0 radical (unpaired) electrons. The standard InChI is InChI=1S/C17H19N7O2S2/c1-24-14(17(26)21-6-10-8-27-13(7-25)22-10)11(5-19)15-16(24)23-12(28-15)4-9(20)2-3-18/h2-3,5,8,18-19,25H,4,6-7,20H2,1H3,(H,21,26). The Kier molecular flexibility index (Phi) is 5.97. The second-order valence-corrected chi connectivity index (χ2v) is 7.91. The summed E-state index contributed by atoms with van der Waals surface area (Å²) in [5.41, 5.74) is 8.51. The molecule has 0 atom stereocenters. The second kappa shape index (κ2) is 8.42. The number of aromatic nitrogens is 3. The topological polar surface area (TPSA) is 154 Å². The minimum Gasteiger partial charge on any atom is -0.402 e. The number of hydrogen-bond acceptors (Lipinski definition) is 9. The molecule has 28 heavy (non-hydrogen) atoms. The quantitative estimate of drug-likeness (QED) is 0.352. The van der Waals surface area contributed by atoms with E-state index in [2.05, 4.69) is 15.3 Å². The zero-order chi connectivity index (χ0) is 20.3. The lowest BCUT2D eigenvalue weighted by Gasteiger charge is -2.06. The van der Waals surface area contributed by atoms with Crippen molar-refractivity contribution in [3.8, 4) is 0 Å². The molecule has 0 aliphatic heterocycles. The number of carbonyl (C=O) groups is 1. The van der Waals surface area contributed by atoms with E-state index in [4.69, 9.17) is 21.7 Å². The number of thiazole rings is 2. The number of amides is 1. The summed E-state index contributed by atoms with van der Waals surface area (Å²) in [6, 6.07) is 0. The van der Waals surface area contributed by atoms with E-state index in [1.165, 1.54) is 28.7 Å². The first-order valence-electron chi connectivity index (χ1n) is 8.24. The number of aliphatic hydroxyl groups excluding tert-OH is 1. The van der Waals surface area contributed by atoms with Crippen LogP contribution in [-0.2, 0) is 26.6 Å². The van der Waals surface area contributed by atoms with Gasteiger partial charge in [0.1, 0.15) is 15.7 Å². The van der Waals surface area contributed by atoms with Gasteiger partial charge in [0.15, 0.2) is 5.65 Å². The Morgan fingerprint density at radius 3 is 2.82 bits per heavy atom. The summed E-state index contributed by atoms with van der Waals surface area (Å²) < 4.78 is 2.42. The fourth-order valence-electron chi connectivity index (χ4n) is 2.73. The highest BCUT2D eigenvalue weighted by molar-refractivity contribution is 7.19. The number of nitrogens with two attached hydrogens (primary N) is 1. The van der Waals surface area contributed by atoms with Crippen LogP contribution in [0.4, 0.5) is 0 Å². The third-order valence-corrected chi connectivity index (χ3v) is 5.94. The van der Waals surface area contributed by atoms with Crippen LogP contribution in [0.2, 0.25) is 0 Å². The van der Waals surface area contributed by atoms with Crippen LogP contribution in [0.15, 0.2) is 17.2 Å². The van der Waals surface area contributed by atoms with E-state index in [0.717, 1.165) is 22.1 Å². The van der Waals surface area contributed by atoms with Crippen molar-refractivity contribution in [2.45, 2.75) is 19.6 Å². The number of nitrogens with one attached hydrogen (secondary N) is 3. The first kappa shape index (κ1) is 19.9. The van der Waals surface area contributed by atoms with E-state index in [1.54, 1.807) is 17.0 Å². The highest BCUT2D eigenvalue weighted by atomic mass is 32.1. The SMILES string of the molecule is Cn1c(C(=O)NCc2csc(CO)n2)c(C=N)c2sc(CC(N)=CC=N)nc21. The van der Waals surface area contributed by atoms with Crippen LogP contribution in [0, 0.1) is 10.8 Å². The van der Waals surface area contributed by atoms with E-state index in [9.17, 15) is 4.79 Å². The van der Waals surface area contributed by atoms with Gasteiger partial charge in [0.05, 0.1) is 23.5 Å². The molecular formula is C17H19N7O2S2. The number of allylic oxidation sites excluding steroid dienone is 2. The maximum Gasteiger partial charge on any atom is 0.269 e. The van der Waals surface area contributed by atoms with Crippen LogP contribution in [0.25, 0.3) is 10.3 Å². The molecule has 3 aromatic heterocycles. The first-order chi connectivity index (χ1) is 13.5. The van der Waals surface area contributed by atoms with Crippen molar-refractivity contribution < 1.29 is 9.90 Å². The van der Waals surface area contributed by atoms with Gasteiger partial charge in [-0.15, -0.1) is 22.7 Å². The molecule has 0 aromatic carbocycles. The van der Waals surface area contributed by atoms with Gasteiger partial charge in [-0.3, -0.25) is 4.79 Å². The van der Waals surface area contributed by atoms with E-state index in [1.807, 2.05) is 0 Å². The Hall–Kier alpha value is -2.89. The summed E-state index contributed by atoms with van der Waals surface area (Å²) >= 11 is 2.71. The molecule has 11 heteroatoms. The zero-order valence-electron chi connectivity index (χ0n) is 15.0. The summed E-state index contributed by atoms with van der Waals surface area (Å²) in [4.78, 5) is 21.5. The molecule has 1 amide bonds. The molecule has 146 valence electrons. The Bertz CT molecular complexity index is 1080. The van der Waals surface area contributed by atoms with Crippen molar-refractivity contribution in [2.24, 2.45) is 12.8 Å². The maximum atomic E-state index is 12.7. The van der Waals surface area contributed by atoms with Crippen LogP contribution in [-0.4, -0.2) is 38.0 Å². The Morgan fingerprint density at radius 2 is 2.18 bits per heavy atom. The largest absolute Gasteiger partial charge is 0.402 e. The number of rotatable bonds is 8. The van der Waals surface area contributed by atoms with Gasteiger partial charge in [0.2, 0.25) is 0 Å². The van der Waals surface area contributed by atoms with E-state index in [-0.39, 0.29) is 19.1 Å². The first-order valence-corrected chi connectivity index (χ1v) is 9.94. The number of aliphatic hydroxyl groups is 1. The highest BCUT2D eigenvalue weighted by Gasteiger charge is 2.23. The van der Waals surface area contributed by atoms with Crippen molar-refractivity contribution in [2.75, 3.05) is 0 Å². The molecular weight excluding hydrogens is 398 g/mol. The van der Waals surface area contributed by atoms with Gasteiger partial charge in [0.25, 0.3) is 5.91 Å². The van der Waals surface area contributed by atoms with E-state index in [0.29, 0.717) is 39.7 Å². The lowest BCUT2D eigenvalue weighted by atomic mass is 10.2. The maximum absolute atomic E-state index is 12.7. The number of nitrogens with zero attached hydrogens (tertiary/aromatic N) is 3. The molecule has 3 heterocycles. The summed E-state index contributed by atoms with van der Waals surface area (Å²) in [5.74, 6) is -0.325. The molecule has 3 rings (SSSR count). The summed E-state index contributed by atoms with van der Waals surface area (Å²) in [7, 11) is 1.73. The minimum atomic E-state index is -0.325. The molecule has 0 aliphatic rings. The van der Waals surface area contributed by atoms with Crippen molar-refractivity contribution >= 4 is 51.4 Å². The third kappa shape index (κ3) is 3.86. The predicted octanol–water partition coefficient (Wildman–Crippen LogP) is 1.55. The van der Waals surface area contributed by atoms with Crippen LogP contribution >= 0.6 is 22.7 Å². The monoisotopic (exact) mass is 417 g/mol. The number of hydrogen-bond donors (Lipinski definition) is 5. The van der Waals surface area contributed by atoms with Crippen molar-refractivity contribution in [1.82, 2.24) is 19.9 Å². The Balaban J connectivity index is 1.86. The van der Waals surface area contributed by atoms with Crippen LogP contribution in [0.3, 0.4) is 0 Å². The third-order valence-electron chi connectivity index (χ3n) is 3.98. The minimum absolute atomic E-state index is 0.127. The molecule has 9 nitrogen and oxygen atoms in total. The summed E-state index contributed by atoms with van der Waals surface area (Å²) in [6.45, 7) is 0.105. The molecule has 0 saturated heterocycles. The van der Waals surface area contributed by atoms with Crippen LogP contribution < -0.4 is 11.1 Å². The average Bonchev–Trinajstić information content (AvgIpc) is 3.35. The van der Waals surface area contributed by atoms with Gasteiger partial charge in [0, 0.05) is 42.5 Å². The number of fused-ring (bicyclic) bond motifs is 1. The van der Waals surface area contributed by atoms with Crippen molar-refractivity contribution in [3.63, 3.8) is 0 Å². The molecule has 0 aliphatic carbocycles. The molecule has 0 unspecified atom stereocenters. The molecule has 3 aromatic rings. The zero-order valence-corrected chi connectivity index (χ0v) is 16.7. The lowest BCUT2D eigenvalue weighted by molar-refractivity contribution is 0.0942.